The lowest BCUT2D eigenvalue weighted by atomic mass is 10.0. The Morgan fingerprint density at radius 3 is 2.58 bits per heavy atom. The van der Waals surface area contributed by atoms with Crippen LogP contribution in [-0.4, -0.2) is 30.5 Å². The number of sulfone groups is 1. The van der Waals surface area contributed by atoms with E-state index in [0.717, 1.165) is 12.1 Å². The maximum atomic E-state index is 12.9. The molecule has 1 aromatic carbocycles. The van der Waals surface area contributed by atoms with E-state index in [-0.39, 0.29) is 28.5 Å². The number of aromatic nitrogens is 1. The summed E-state index contributed by atoms with van der Waals surface area (Å²) in [6, 6.07) is 4.46. The molecular weight excluding hydrogens is 373 g/mol. The van der Waals surface area contributed by atoms with Gasteiger partial charge in [0.1, 0.15) is 5.25 Å². The summed E-state index contributed by atoms with van der Waals surface area (Å²) in [5.41, 5.74) is -0.314. The number of nitrogens with zero attached hydrogens (tertiary/aromatic N) is 1. The van der Waals surface area contributed by atoms with E-state index in [1.54, 1.807) is 0 Å². The smallest absolute Gasteiger partial charge is 0.337 e. The minimum absolute atomic E-state index is 0.139. The van der Waals surface area contributed by atoms with Gasteiger partial charge in [0.2, 0.25) is 11.8 Å². The van der Waals surface area contributed by atoms with Crippen LogP contribution in [0.5, 0.6) is 0 Å². The molecule has 2 aromatic rings. The van der Waals surface area contributed by atoms with Crippen molar-refractivity contribution in [2.24, 2.45) is 0 Å². The lowest BCUT2D eigenvalue weighted by Crippen LogP contribution is -2.33. The fourth-order valence-corrected chi connectivity index (χ4v) is 3.16. The third-order valence-corrected chi connectivity index (χ3v) is 5.98. The zero-order valence-electron chi connectivity index (χ0n) is 14.2. The van der Waals surface area contributed by atoms with Gasteiger partial charge in [-0.1, -0.05) is 24.2 Å². The van der Waals surface area contributed by atoms with E-state index in [1.165, 1.54) is 32.9 Å². The van der Waals surface area contributed by atoms with E-state index in [9.17, 15) is 26.4 Å². The Morgan fingerprint density at radius 2 is 2.00 bits per heavy atom. The van der Waals surface area contributed by atoms with E-state index >= 15 is 0 Å². The molecule has 2 rings (SSSR count). The second-order valence-corrected chi connectivity index (χ2v) is 8.24. The Hall–Kier alpha value is -2.36. The average Bonchev–Trinajstić information content (AvgIpc) is 2.93. The van der Waals surface area contributed by atoms with Crippen LogP contribution in [0.1, 0.15) is 25.1 Å². The maximum absolute atomic E-state index is 12.9. The highest BCUT2D eigenvalue weighted by atomic mass is 32.2. The highest BCUT2D eigenvalue weighted by Gasteiger charge is 2.32. The van der Waals surface area contributed by atoms with E-state index in [2.05, 4.69) is 10.5 Å². The summed E-state index contributed by atoms with van der Waals surface area (Å²) in [5.74, 6) is -1.28. The first kappa shape index (κ1) is 20.0. The van der Waals surface area contributed by atoms with Crippen molar-refractivity contribution in [2.75, 3.05) is 11.1 Å². The van der Waals surface area contributed by atoms with Gasteiger partial charge in [-0.15, -0.1) is 0 Å². The number of hydrogen-bond donors (Lipinski definition) is 1. The minimum Gasteiger partial charge on any atom is -0.337 e. The molecule has 0 radical (unpaired) electrons. The van der Waals surface area contributed by atoms with Crippen molar-refractivity contribution in [1.29, 1.82) is 0 Å². The van der Waals surface area contributed by atoms with Gasteiger partial charge in [0.25, 0.3) is 0 Å². The Kier molecular flexibility index (Phi) is 5.45. The number of anilines is 1. The second kappa shape index (κ2) is 7.10. The van der Waals surface area contributed by atoms with Crippen molar-refractivity contribution >= 4 is 21.6 Å². The summed E-state index contributed by atoms with van der Waals surface area (Å²) >= 11 is 0. The molecule has 0 spiro atoms. The first-order valence-electron chi connectivity index (χ1n) is 7.63. The topological polar surface area (TPSA) is 89.3 Å². The lowest BCUT2D eigenvalue weighted by molar-refractivity contribution is -0.137. The summed E-state index contributed by atoms with van der Waals surface area (Å²) in [5, 5.41) is 4.62. The third-order valence-electron chi connectivity index (χ3n) is 3.89. The molecule has 1 heterocycles. The van der Waals surface area contributed by atoms with Crippen molar-refractivity contribution in [2.45, 2.75) is 32.2 Å². The third kappa shape index (κ3) is 4.06. The highest BCUT2D eigenvalue weighted by molar-refractivity contribution is 7.92. The van der Waals surface area contributed by atoms with Crippen LogP contribution >= 0.6 is 0 Å². The molecule has 1 N–H and O–H groups in total. The molecule has 142 valence electrons. The van der Waals surface area contributed by atoms with Gasteiger partial charge in [0.05, 0.1) is 16.8 Å². The number of alkyl halides is 3. The van der Waals surface area contributed by atoms with Gasteiger partial charge in [-0.05, 0) is 31.5 Å². The molecule has 26 heavy (non-hydrogen) atoms. The van der Waals surface area contributed by atoms with Gasteiger partial charge in [-0.25, -0.2) is 8.42 Å². The predicted molar refractivity (Wildman–Crippen MR) is 89.2 cm³/mol. The number of halogens is 3. The largest absolute Gasteiger partial charge is 0.416 e. The predicted octanol–water partition coefficient (Wildman–Crippen LogP) is 3.43. The number of benzene rings is 1. The van der Waals surface area contributed by atoms with Gasteiger partial charge in [-0.3, -0.25) is 10.1 Å². The average molecular weight is 390 g/mol. The number of aryl methyl sites for hydroxylation is 1. The summed E-state index contributed by atoms with van der Waals surface area (Å²) < 4.78 is 67.4. The highest BCUT2D eigenvalue weighted by Crippen LogP contribution is 2.36. The molecule has 1 atom stereocenters. The first-order valence-corrected chi connectivity index (χ1v) is 9.35. The van der Waals surface area contributed by atoms with Crippen LogP contribution in [0.4, 0.5) is 19.1 Å². The standard InChI is InChI=1S/C16H17F3N2O4S/c1-4-26(23,24)10(3)14(22)20-15-13(9(2)21-25-15)11-6-5-7-12(8-11)16(17,18)19/h5-8,10H,4H2,1-3H3,(H,20,22). The molecule has 0 aliphatic heterocycles. The molecule has 1 aromatic heterocycles. The van der Waals surface area contributed by atoms with Gasteiger partial charge in [-0.2, -0.15) is 13.2 Å². The normalized spacial score (nSPS) is 13.5. The summed E-state index contributed by atoms with van der Waals surface area (Å²) in [6.07, 6.45) is -4.53. The Labute approximate surface area is 148 Å². The lowest BCUT2D eigenvalue weighted by Gasteiger charge is -2.12. The zero-order valence-corrected chi connectivity index (χ0v) is 15.0. The van der Waals surface area contributed by atoms with E-state index < -0.39 is 32.7 Å². The van der Waals surface area contributed by atoms with E-state index in [4.69, 9.17) is 4.52 Å². The van der Waals surface area contributed by atoms with Gasteiger partial charge < -0.3 is 4.52 Å². The van der Waals surface area contributed by atoms with Crippen LogP contribution in [0.15, 0.2) is 28.8 Å². The SMILES string of the molecule is CCS(=O)(=O)C(C)C(=O)Nc1onc(C)c1-c1cccc(C(F)(F)F)c1. The van der Waals surface area contributed by atoms with Crippen LogP contribution in [0, 0.1) is 6.92 Å². The maximum Gasteiger partial charge on any atom is 0.416 e. The Balaban J connectivity index is 2.40. The van der Waals surface area contributed by atoms with Crippen molar-refractivity contribution in [3.8, 4) is 11.1 Å². The van der Waals surface area contributed by atoms with E-state index in [1.807, 2.05) is 0 Å². The number of nitrogens with one attached hydrogen (secondary N) is 1. The number of carbonyl (C=O) groups is 1. The molecule has 0 aliphatic carbocycles. The zero-order chi connectivity index (χ0) is 19.7. The Morgan fingerprint density at radius 1 is 1.35 bits per heavy atom. The summed E-state index contributed by atoms with van der Waals surface area (Å²) in [6.45, 7) is 4.13. The second-order valence-electron chi connectivity index (χ2n) is 5.63. The van der Waals surface area contributed by atoms with Crippen molar-refractivity contribution in [1.82, 2.24) is 5.16 Å². The van der Waals surface area contributed by atoms with Crippen LogP contribution in [0.25, 0.3) is 11.1 Å². The molecule has 6 nitrogen and oxygen atoms in total. The monoisotopic (exact) mass is 390 g/mol. The number of amides is 1. The fourth-order valence-electron chi connectivity index (χ4n) is 2.27. The quantitative estimate of drug-likeness (QED) is 0.845. The van der Waals surface area contributed by atoms with Crippen LogP contribution in [-0.2, 0) is 20.8 Å². The molecule has 0 aliphatic rings. The van der Waals surface area contributed by atoms with Crippen LogP contribution < -0.4 is 5.32 Å². The van der Waals surface area contributed by atoms with Crippen molar-refractivity contribution in [3.05, 3.63) is 35.5 Å². The van der Waals surface area contributed by atoms with Gasteiger partial charge in [0.15, 0.2) is 9.84 Å². The summed E-state index contributed by atoms with van der Waals surface area (Å²) in [4.78, 5) is 12.2. The first-order chi connectivity index (χ1) is 12.0. The van der Waals surface area contributed by atoms with Crippen LogP contribution in [0.2, 0.25) is 0 Å². The number of carbonyl (C=O) groups excluding carboxylic acids is 1. The minimum atomic E-state index is -4.53. The number of rotatable bonds is 5. The molecule has 0 fully saturated rings. The molecule has 0 saturated carbocycles. The number of hydrogen-bond acceptors (Lipinski definition) is 5. The van der Waals surface area contributed by atoms with Gasteiger partial charge >= 0.3 is 6.18 Å². The Bertz CT molecular complexity index is 920. The van der Waals surface area contributed by atoms with E-state index in [0.29, 0.717) is 0 Å². The molecule has 0 bridgehead atoms. The summed E-state index contributed by atoms with van der Waals surface area (Å²) in [7, 11) is -3.64. The fraction of sp³-hybridized carbons (Fsp3) is 0.375. The molecule has 1 amide bonds. The van der Waals surface area contributed by atoms with Crippen molar-refractivity contribution in [3.63, 3.8) is 0 Å². The van der Waals surface area contributed by atoms with Crippen LogP contribution in [0.3, 0.4) is 0 Å². The molecule has 1 unspecified atom stereocenters. The molecule has 10 heteroatoms. The molecular formula is C16H17F3N2O4S. The molecule has 0 saturated heterocycles. The van der Waals surface area contributed by atoms with Gasteiger partial charge in [0, 0.05) is 5.75 Å². The van der Waals surface area contributed by atoms with Crippen molar-refractivity contribution < 1.29 is 30.9 Å².